The molecule has 0 aliphatic heterocycles. The van der Waals surface area contributed by atoms with E-state index < -0.39 is 0 Å². The normalized spacial score (nSPS) is 23.7. The average Bonchev–Trinajstić information content (AvgIpc) is 2.84. The van der Waals surface area contributed by atoms with Gasteiger partial charge in [0.05, 0.1) is 19.3 Å². The highest BCUT2D eigenvalue weighted by molar-refractivity contribution is 5.56. The van der Waals surface area contributed by atoms with Crippen molar-refractivity contribution in [1.29, 1.82) is 5.26 Å². The maximum Gasteiger partial charge on any atom is 0.0947 e. The van der Waals surface area contributed by atoms with Crippen LogP contribution in [0.25, 0.3) is 6.08 Å². The van der Waals surface area contributed by atoms with E-state index in [1.54, 1.807) is 14.2 Å². The number of benzene rings is 1. The zero-order valence-electron chi connectivity index (χ0n) is 14.4. The van der Waals surface area contributed by atoms with Crippen molar-refractivity contribution >= 4 is 6.08 Å². The minimum Gasteiger partial charge on any atom is -0.384 e. The van der Waals surface area contributed by atoms with E-state index in [0.29, 0.717) is 11.8 Å². The van der Waals surface area contributed by atoms with Gasteiger partial charge in [-0.05, 0) is 42.7 Å². The molecule has 0 spiro atoms. The van der Waals surface area contributed by atoms with Crippen molar-refractivity contribution < 1.29 is 9.47 Å². The van der Waals surface area contributed by atoms with Gasteiger partial charge in [-0.25, -0.2) is 0 Å². The van der Waals surface area contributed by atoms with Gasteiger partial charge in [0.2, 0.25) is 0 Å². The zero-order chi connectivity index (χ0) is 16.7. The van der Waals surface area contributed by atoms with Gasteiger partial charge in [-0.2, -0.15) is 5.26 Å². The van der Waals surface area contributed by atoms with E-state index in [2.05, 4.69) is 13.0 Å². The Morgan fingerprint density at radius 3 is 2.43 bits per heavy atom. The standard InChI is InChI=1S/C20H27NO2/c1-16-11-20(14-22-2,15-23-3)12-19(16)10-18(13-21)9-17-7-5-4-6-8-17/h4-9,16,19H,10-12,14-15H2,1-3H3/b18-9-/t16-,19-/m1/s1. The van der Waals surface area contributed by atoms with Crippen LogP contribution in [0.2, 0.25) is 0 Å². The van der Waals surface area contributed by atoms with E-state index in [4.69, 9.17) is 9.47 Å². The van der Waals surface area contributed by atoms with Crippen molar-refractivity contribution in [2.24, 2.45) is 17.3 Å². The van der Waals surface area contributed by atoms with Crippen LogP contribution in [0, 0.1) is 28.6 Å². The fourth-order valence-electron chi connectivity index (χ4n) is 4.02. The van der Waals surface area contributed by atoms with Gasteiger partial charge in [0.15, 0.2) is 0 Å². The Labute approximate surface area is 139 Å². The SMILES string of the molecule is COCC1(COC)C[C@@H](C/C(C#N)=C/c2ccccc2)[C@H](C)C1. The first-order valence-electron chi connectivity index (χ1n) is 8.26. The van der Waals surface area contributed by atoms with E-state index in [-0.39, 0.29) is 5.41 Å². The lowest BCUT2D eigenvalue weighted by molar-refractivity contribution is 0.0107. The number of methoxy groups -OCH3 is 2. The van der Waals surface area contributed by atoms with Crippen LogP contribution in [0.15, 0.2) is 35.9 Å². The van der Waals surface area contributed by atoms with Gasteiger partial charge < -0.3 is 9.47 Å². The number of allylic oxidation sites excluding steroid dienone is 1. The van der Waals surface area contributed by atoms with Crippen molar-refractivity contribution in [2.45, 2.75) is 26.2 Å². The molecule has 2 rings (SSSR count). The lowest BCUT2D eigenvalue weighted by atomic mass is 9.86. The van der Waals surface area contributed by atoms with Crippen molar-refractivity contribution in [1.82, 2.24) is 0 Å². The lowest BCUT2D eigenvalue weighted by Crippen LogP contribution is -2.29. The van der Waals surface area contributed by atoms with Gasteiger partial charge in [-0.3, -0.25) is 0 Å². The molecule has 0 aromatic heterocycles. The van der Waals surface area contributed by atoms with Crippen LogP contribution < -0.4 is 0 Å². The van der Waals surface area contributed by atoms with Gasteiger partial charge >= 0.3 is 0 Å². The Hall–Kier alpha value is -1.63. The molecule has 3 heteroatoms. The van der Waals surface area contributed by atoms with Crippen LogP contribution in [0.4, 0.5) is 0 Å². The van der Waals surface area contributed by atoms with E-state index >= 15 is 0 Å². The third kappa shape index (κ3) is 4.67. The maximum atomic E-state index is 9.50. The molecule has 1 aliphatic carbocycles. The third-order valence-electron chi connectivity index (χ3n) is 4.92. The van der Waals surface area contributed by atoms with Gasteiger partial charge in [0, 0.05) is 25.2 Å². The monoisotopic (exact) mass is 313 g/mol. The van der Waals surface area contributed by atoms with Crippen LogP contribution >= 0.6 is 0 Å². The first-order chi connectivity index (χ1) is 11.1. The quantitative estimate of drug-likeness (QED) is 0.704. The molecule has 0 radical (unpaired) electrons. The lowest BCUT2D eigenvalue weighted by Gasteiger charge is -2.27. The summed E-state index contributed by atoms with van der Waals surface area (Å²) in [4.78, 5) is 0. The first kappa shape index (κ1) is 17.7. The fourth-order valence-corrected chi connectivity index (χ4v) is 4.02. The summed E-state index contributed by atoms with van der Waals surface area (Å²) in [5.41, 5.74) is 2.05. The largest absolute Gasteiger partial charge is 0.384 e. The molecule has 2 atom stereocenters. The molecule has 1 fully saturated rings. The predicted molar refractivity (Wildman–Crippen MR) is 92.7 cm³/mol. The highest BCUT2D eigenvalue weighted by atomic mass is 16.5. The van der Waals surface area contributed by atoms with Crippen LogP contribution in [0.5, 0.6) is 0 Å². The number of nitriles is 1. The van der Waals surface area contributed by atoms with E-state index in [9.17, 15) is 5.26 Å². The summed E-state index contributed by atoms with van der Waals surface area (Å²) >= 11 is 0. The zero-order valence-corrected chi connectivity index (χ0v) is 14.4. The third-order valence-corrected chi connectivity index (χ3v) is 4.92. The molecule has 0 unspecified atom stereocenters. The number of hydrogen-bond acceptors (Lipinski definition) is 3. The second-order valence-corrected chi connectivity index (χ2v) is 6.91. The summed E-state index contributed by atoms with van der Waals surface area (Å²) in [6, 6.07) is 12.5. The molecule has 1 aromatic rings. The predicted octanol–water partition coefficient (Wildman–Crippen LogP) is 4.31. The molecule has 3 nitrogen and oxygen atoms in total. The smallest absolute Gasteiger partial charge is 0.0947 e. The molecule has 0 saturated heterocycles. The number of ether oxygens (including phenoxy) is 2. The molecule has 124 valence electrons. The summed E-state index contributed by atoms with van der Waals surface area (Å²) in [7, 11) is 3.51. The number of nitrogens with zero attached hydrogens (tertiary/aromatic N) is 1. The van der Waals surface area contributed by atoms with Crippen molar-refractivity contribution in [2.75, 3.05) is 27.4 Å². The topological polar surface area (TPSA) is 42.2 Å². The van der Waals surface area contributed by atoms with Gasteiger partial charge in [-0.15, -0.1) is 0 Å². The van der Waals surface area contributed by atoms with Crippen LogP contribution in [-0.2, 0) is 9.47 Å². The van der Waals surface area contributed by atoms with Crippen molar-refractivity contribution in [3.63, 3.8) is 0 Å². The van der Waals surface area contributed by atoms with Crippen LogP contribution in [-0.4, -0.2) is 27.4 Å². The number of rotatable bonds is 7. The minimum atomic E-state index is 0.0981. The van der Waals surface area contributed by atoms with Gasteiger partial charge in [0.1, 0.15) is 0 Å². The Balaban J connectivity index is 2.09. The molecule has 1 saturated carbocycles. The molecule has 1 aromatic carbocycles. The van der Waals surface area contributed by atoms with E-state index in [1.807, 2.05) is 36.4 Å². The highest BCUT2D eigenvalue weighted by Crippen LogP contribution is 2.48. The maximum absolute atomic E-state index is 9.50. The second kappa shape index (κ2) is 8.29. The van der Waals surface area contributed by atoms with Crippen molar-refractivity contribution in [3.05, 3.63) is 41.5 Å². The summed E-state index contributed by atoms with van der Waals surface area (Å²) in [6.07, 6.45) is 5.01. The average molecular weight is 313 g/mol. The van der Waals surface area contributed by atoms with E-state index in [0.717, 1.165) is 43.6 Å². The van der Waals surface area contributed by atoms with Crippen molar-refractivity contribution in [3.8, 4) is 6.07 Å². The second-order valence-electron chi connectivity index (χ2n) is 6.91. The molecule has 1 aliphatic rings. The Bertz CT molecular complexity index is 553. The van der Waals surface area contributed by atoms with Crippen LogP contribution in [0.1, 0.15) is 31.7 Å². The summed E-state index contributed by atoms with van der Waals surface area (Å²) < 4.78 is 10.9. The van der Waals surface area contributed by atoms with E-state index in [1.165, 1.54) is 0 Å². The minimum absolute atomic E-state index is 0.0981. The first-order valence-corrected chi connectivity index (χ1v) is 8.26. The molecular weight excluding hydrogens is 286 g/mol. The molecule has 23 heavy (non-hydrogen) atoms. The summed E-state index contributed by atoms with van der Waals surface area (Å²) in [5, 5.41) is 9.50. The molecule has 0 amide bonds. The fraction of sp³-hybridized carbons (Fsp3) is 0.550. The molecule has 0 heterocycles. The summed E-state index contributed by atoms with van der Waals surface area (Å²) in [6.45, 7) is 3.74. The molecular formula is C20H27NO2. The Morgan fingerprint density at radius 2 is 1.87 bits per heavy atom. The molecule has 0 N–H and O–H groups in total. The number of hydrogen-bond donors (Lipinski definition) is 0. The molecule has 0 bridgehead atoms. The summed E-state index contributed by atoms with van der Waals surface area (Å²) in [5.74, 6) is 1.09. The van der Waals surface area contributed by atoms with Crippen LogP contribution in [0.3, 0.4) is 0 Å². The van der Waals surface area contributed by atoms with Gasteiger partial charge in [-0.1, -0.05) is 37.3 Å². The Kier molecular flexibility index (Phi) is 6.38. The highest BCUT2D eigenvalue weighted by Gasteiger charge is 2.43. The van der Waals surface area contributed by atoms with Gasteiger partial charge in [0.25, 0.3) is 0 Å². The Morgan fingerprint density at radius 1 is 1.22 bits per heavy atom.